The van der Waals surface area contributed by atoms with E-state index in [-0.39, 0.29) is 16.0 Å². The van der Waals surface area contributed by atoms with Gasteiger partial charge in [-0.05, 0) is 46.6 Å². The quantitative estimate of drug-likeness (QED) is 0.308. The van der Waals surface area contributed by atoms with Crippen molar-refractivity contribution in [3.05, 3.63) is 51.2 Å². The monoisotopic (exact) mass is 599 g/mol. The minimum Gasteiger partial charge on any atom is -0.497 e. The standard InChI is InChI=1S/C21H22BrClFN5O.C2H6O.2C2H6/c1-12-10-25-7-8-29(12)20-15-9-16(23)17(22)18(24)19(15)27-21(28-20)26-11-13-3-5-14(30-2)6-4-13;1-3-2;2*1-2/h3-6,9,12,25H,7-8,10-11H2,1-2H3,(H,26,27,28);1-2H3;2*1-2H3/t12-;;;/m0.../s1. The van der Waals surface area contributed by atoms with E-state index in [2.05, 4.69) is 48.1 Å². The largest absolute Gasteiger partial charge is 0.497 e. The second-order valence-electron chi connectivity index (χ2n) is 7.61. The van der Waals surface area contributed by atoms with E-state index in [1.54, 1.807) is 27.4 Å². The van der Waals surface area contributed by atoms with Crippen molar-refractivity contribution in [2.45, 2.75) is 47.2 Å². The highest BCUT2D eigenvalue weighted by molar-refractivity contribution is 9.10. The van der Waals surface area contributed by atoms with E-state index in [0.717, 1.165) is 30.9 Å². The first-order valence-electron chi connectivity index (χ1n) is 12.5. The lowest BCUT2D eigenvalue weighted by atomic mass is 10.1. The molecule has 2 heterocycles. The first-order valence-corrected chi connectivity index (χ1v) is 13.7. The van der Waals surface area contributed by atoms with Crippen LogP contribution in [0.1, 0.15) is 40.2 Å². The van der Waals surface area contributed by atoms with Gasteiger partial charge >= 0.3 is 0 Å². The Hall–Kier alpha value is -2.20. The van der Waals surface area contributed by atoms with Crippen LogP contribution in [0.15, 0.2) is 34.8 Å². The Morgan fingerprint density at radius 2 is 1.76 bits per heavy atom. The van der Waals surface area contributed by atoms with Crippen molar-refractivity contribution in [2.75, 3.05) is 51.2 Å². The number of fused-ring (bicyclic) bond motifs is 1. The summed E-state index contributed by atoms with van der Waals surface area (Å²) < 4.78 is 24.7. The van der Waals surface area contributed by atoms with Crippen molar-refractivity contribution in [1.82, 2.24) is 15.3 Å². The molecule has 0 saturated carbocycles. The van der Waals surface area contributed by atoms with Gasteiger partial charge in [0.1, 0.15) is 17.1 Å². The van der Waals surface area contributed by atoms with Crippen LogP contribution in [0.25, 0.3) is 10.9 Å². The summed E-state index contributed by atoms with van der Waals surface area (Å²) in [6, 6.07) is 9.64. The molecule has 37 heavy (non-hydrogen) atoms. The third-order valence-corrected chi connectivity index (χ3v) is 6.49. The molecule has 0 aliphatic carbocycles. The molecule has 1 aromatic heterocycles. The van der Waals surface area contributed by atoms with Gasteiger partial charge in [-0.1, -0.05) is 51.4 Å². The van der Waals surface area contributed by atoms with Crippen LogP contribution in [0.3, 0.4) is 0 Å². The first kappa shape index (κ1) is 32.8. The van der Waals surface area contributed by atoms with Crippen molar-refractivity contribution in [1.29, 1.82) is 0 Å². The molecule has 1 aliphatic rings. The third-order valence-electron chi connectivity index (χ3n) is 5.19. The average molecular weight is 601 g/mol. The van der Waals surface area contributed by atoms with Crippen molar-refractivity contribution in [3.63, 3.8) is 0 Å². The lowest BCUT2D eigenvalue weighted by Crippen LogP contribution is -2.50. The van der Waals surface area contributed by atoms with E-state index in [1.807, 2.05) is 52.0 Å². The lowest BCUT2D eigenvalue weighted by molar-refractivity contribution is 0.277. The predicted octanol–water partition coefficient (Wildman–Crippen LogP) is 6.92. The molecule has 1 aliphatic heterocycles. The third kappa shape index (κ3) is 8.95. The fraction of sp³-hybridized carbons (Fsp3) is 0.481. The molecule has 0 unspecified atom stereocenters. The van der Waals surface area contributed by atoms with Crippen LogP contribution in [-0.2, 0) is 11.3 Å². The van der Waals surface area contributed by atoms with Gasteiger partial charge in [-0.15, -0.1) is 0 Å². The van der Waals surface area contributed by atoms with Crippen molar-refractivity contribution >= 4 is 50.2 Å². The molecule has 0 amide bonds. The Labute approximate surface area is 234 Å². The molecule has 0 bridgehead atoms. The maximum absolute atomic E-state index is 15.0. The number of hydrogen-bond donors (Lipinski definition) is 2. The molecule has 206 valence electrons. The van der Waals surface area contributed by atoms with Crippen LogP contribution < -0.4 is 20.3 Å². The fourth-order valence-electron chi connectivity index (χ4n) is 3.53. The SMILES string of the molecule is CC.CC.COC.COc1ccc(CNc2nc(N3CCNC[C@@H]3C)c3cc(Cl)c(Br)c(F)c3n2)cc1. The van der Waals surface area contributed by atoms with E-state index in [9.17, 15) is 0 Å². The van der Waals surface area contributed by atoms with Crippen LogP contribution in [0.4, 0.5) is 16.2 Å². The van der Waals surface area contributed by atoms with E-state index in [4.69, 9.17) is 21.3 Å². The van der Waals surface area contributed by atoms with E-state index in [1.165, 1.54) is 0 Å². The van der Waals surface area contributed by atoms with Crippen molar-refractivity contribution in [2.24, 2.45) is 0 Å². The summed E-state index contributed by atoms with van der Waals surface area (Å²) in [7, 11) is 4.88. The van der Waals surface area contributed by atoms with Crippen LogP contribution in [0.5, 0.6) is 5.75 Å². The minimum atomic E-state index is -0.489. The molecular formula is C27H40BrClFN5O2. The zero-order valence-corrected chi connectivity index (χ0v) is 25.4. The maximum atomic E-state index is 15.0. The van der Waals surface area contributed by atoms with Crippen LogP contribution in [0.2, 0.25) is 5.02 Å². The molecule has 4 rings (SSSR count). The molecule has 1 atom stereocenters. The van der Waals surface area contributed by atoms with Gasteiger partial charge in [0.05, 0.1) is 16.6 Å². The molecule has 0 radical (unpaired) electrons. The number of hydrogen-bond acceptors (Lipinski definition) is 7. The van der Waals surface area contributed by atoms with Gasteiger partial charge in [0.15, 0.2) is 5.82 Å². The van der Waals surface area contributed by atoms with Crippen molar-refractivity contribution in [3.8, 4) is 5.75 Å². The number of methoxy groups -OCH3 is 2. The fourth-order valence-corrected chi connectivity index (χ4v) is 4.03. The molecular weight excluding hydrogens is 561 g/mol. The molecule has 2 aromatic carbocycles. The Morgan fingerprint density at radius 3 is 2.32 bits per heavy atom. The van der Waals surface area contributed by atoms with Crippen LogP contribution in [0, 0.1) is 5.82 Å². The molecule has 3 aromatic rings. The molecule has 1 saturated heterocycles. The zero-order chi connectivity index (χ0) is 28.0. The number of anilines is 2. The number of nitrogens with one attached hydrogen (secondary N) is 2. The predicted molar refractivity (Wildman–Crippen MR) is 158 cm³/mol. The zero-order valence-electron chi connectivity index (χ0n) is 23.1. The normalized spacial score (nSPS) is 14.4. The van der Waals surface area contributed by atoms with Crippen LogP contribution in [-0.4, -0.2) is 57.0 Å². The average Bonchev–Trinajstić information content (AvgIpc) is 2.94. The summed E-state index contributed by atoms with van der Waals surface area (Å²) >= 11 is 9.47. The second-order valence-corrected chi connectivity index (χ2v) is 8.81. The molecule has 0 spiro atoms. The van der Waals surface area contributed by atoms with Crippen LogP contribution >= 0.6 is 27.5 Å². The second kappa shape index (κ2) is 17.3. The van der Waals surface area contributed by atoms with Gasteiger partial charge in [-0.3, -0.25) is 0 Å². The number of piperazine rings is 1. The number of nitrogens with zero attached hydrogens (tertiary/aromatic N) is 3. The Balaban J connectivity index is 0.000000894. The highest BCUT2D eigenvalue weighted by Crippen LogP contribution is 2.36. The minimum absolute atomic E-state index is 0.204. The smallest absolute Gasteiger partial charge is 0.225 e. The summed E-state index contributed by atoms with van der Waals surface area (Å²) in [4.78, 5) is 11.4. The maximum Gasteiger partial charge on any atom is 0.225 e. The van der Waals surface area contributed by atoms with E-state index >= 15 is 4.39 Å². The van der Waals surface area contributed by atoms with E-state index in [0.29, 0.717) is 28.7 Å². The number of halogens is 3. The summed E-state index contributed by atoms with van der Waals surface area (Å²) in [5, 5.41) is 7.49. The summed E-state index contributed by atoms with van der Waals surface area (Å²) in [5.74, 6) is 1.35. The topological polar surface area (TPSA) is 71.5 Å². The van der Waals surface area contributed by atoms with Gasteiger partial charge in [0, 0.05) is 51.8 Å². The summed E-state index contributed by atoms with van der Waals surface area (Å²) in [5.41, 5.74) is 1.27. The molecule has 7 nitrogen and oxygen atoms in total. The van der Waals surface area contributed by atoms with Gasteiger partial charge in [0.25, 0.3) is 0 Å². The van der Waals surface area contributed by atoms with Gasteiger partial charge in [0.2, 0.25) is 5.95 Å². The first-order chi connectivity index (χ1) is 17.9. The van der Waals surface area contributed by atoms with Gasteiger partial charge < -0.3 is 25.0 Å². The number of aromatic nitrogens is 2. The molecule has 10 heteroatoms. The van der Waals surface area contributed by atoms with Crippen molar-refractivity contribution < 1.29 is 13.9 Å². The Kier molecular flexibility index (Phi) is 15.4. The number of rotatable bonds is 5. The van der Waals surface area contributed by atoms with Gasteiger partial charge in [-0.2, -0.15) is 4.98 Å². The molecule has 2 N–H and O–H groups in total. The van der Waals surface area contributed by atoms with E-state index < -0.39 is 5.82 Å². The summed E-state index contributed by atoms with van der Waals surface area (Å²) in [6.07, 6.45) is 0. The Bertz CT molecular complexity index is 1090. The highest BCUT2D eigenvalue weighted by atomic mass is 79.9. The highest BCUT2D eigenvalue weighted by Gasteiger charge is 2.25. The lowest BCUT2D eigenvalue weighted by Gasteiger charge is -2.35. The summed E-state index contributed by atoms with van der Waals surface area (Å²) in [6.45, 7) is 13.0. The number of ether oxygens (including phenoxy) is 2. The Morgan fingerprint density at radius 1 is 1.14 bits per heavy atom. The van der Waals surface area contributed by atoms with Gasteiger partial charge in [-0.25, -0.2) is 9.37 Å². The number of benzene rings is 2. The molecule has 1 fully saturated rings.